The first-order valence-electron chi connectivity index (χ1n) is 12.1. The maximum absolute atomic E-state index is 13.2. The number of phenols is 1. The van der Waals surface area contributed by atoms with Crippen molar-refractivity contribution < 1.29 is 27.9 Å². The van der Waals surface area contributed by atoms with Crippen molar-refractivity contribution in [3.05, 3.63) is 94.4 Å². The number of benzene rings is 3. The maximum atomic E-state index is 13.2. The summed E-state index contributed by atoms with van der Waals surface area (Å²) in [5.41, 5.74) is 0.527. The van der Waals surface area contributed by atoms with E-state index in [9.17, 15) is 27.9 Å². The summed E-state index contributed by atoms with van der Waals surface area (Å²) in [6, 6.07) is 18.1. The van der Waals surface area contributed by atoms with Crippen molar-refractivity contribution in [2.24, 2.45) is 0 Å². The SMILES string of the molecule is O=C(On1c(=O)n(CCN2CCN(c3ccc(C(F)(F)F)cc3)CC2)c2ccccc21)c1ccccc1O. The van der Waals surface area contributed by atoms with Crippen molar-refractivity contribution in [1.29, 1.82) is 0 Å². The second-order valence-electron chi connectivity index (χ2n) is 8.99. The molecule has 2 heterocycles. The number of rotatable bonds is 6. The van der Waals surface area contributed by atoms with E-state index < -0.39 is 23.4 Å². The van der Waals surface area contributed by atoms with Crippen LogP contribution in [0.1, 0.15) is 15.9 Å². The number of hydrogen-bond donors (Lipinski definition) is 1. The van der Waals surface area contributed by atoms with Gasteiger partial charge in [-0.1, -0.05) is 24.3 Å². The van der Waals surface area contributed by atoms with Gasteiger partial charge in [-0.25, -0.2) is 9.59 Å². The molecule has 0 saturated carbocycles. The van der Waals surface area contributed by atoms with E-state index in [1.807, 2.05) is 4.90 Å². The summed E-state index contributed by atoms with van der Waals surface area (Å²) < 4.78 is 41.0. The van der Waals surface area contributed by atoms with Crippen LogP contribution >= 0.6 is 0 Å². The van der Waals surface area contributed by atoms with Gasteiger partial charge in [-0.3, -0.25) is 9.47 Å². The summed E-state index contributed by atoms with van der Waals surface area (Å²) in [6.07, 6.45) is -4.36. The summed E-state index contributed by atoms with van der Waals surface area (Å²) >= 11 is 0. The highest BCUT2D eigenvalue weighted by Gasteiger charge is 2.30. The molecule has 1 aliphatic rings. The number of phenolic OH excluding ortho intramolecular Hbond substituents is 1. The Morgan fingerprint density at radius 2 is 1.47 bits per heavy atom. The number of piperazine rings is 1. The number of hydrogen-bond acceptors (Lipinski definition) is 6. The number of carbonyl (C=O) groups is 1. The number of fused-ring (bicyclic) bond motifs is 1. The summed E-state index contributed by atoms with van der Waals surface area (Å²) in [5, 5.41) is 9.96. The zero-order chi connectivity index (χ0) is 26.9. The van der Waals surface area contributed by atoms with E-state index >= 15 is 0 Å². The van der Waals surface area contributed by atoms with Crippen LogP contribution in [0, 0.1) is 0 Å². The van der Waals surface area contributed by atoms with E-state index in [1.54, 1.807) is 36.4 Å². The van der Waals surface area contributed by atoms with Crippen molar-refractivity contribution in [1.82, 2.24) is 14.2 Å². The first kappa shape index (κ1) is 25.4. The molecule has 8 nitrogen and oxygen atoms in total. The van der Waals surface area contributed by atoms with Crippen LogP contribution in [0.25, 0.3) is 11.0 Å². The van der Waals surface area contributed by atoms with Crippen LogP contribution in [-0.4, -0.2) is 58.0 Å². The van der Waals surface area contributed by atoms with Crippen molar-refractivity contribution in [3.63, 3.8) is 0 Å². The van der Waals surface area contributed by atoms with E-state index in [0.29, 0.717) is 50.3 Å². The largest absolute Gasteiger partial charge is 0.507 e. The quantitative estimate of drug-likeness (QED) is 0.414. The first-order chi connectivity index (χ1) is 18.2. The van der Waals surface area contributed by atoms with E-state index in [2.05, 4.69) is 4.90 Å². The molecule has 0 radical (unpaired) electrons. The fourth-order valence-corrected chi connectivity index (χ4v) is 4.59. The van der Waals surface area contributed by atoms with Gasteiger partial charge in [-0.2, -0.15) is 13.2 Å². The molecular weight excluding hydrogens is 501 g/mol. The Labute approximate surface area is 215 Å². The number of imidazole rings is 1. The third-order valence-corrected chi connectivity index (χ3v) is 6.67. The van der Waals surface area contributed by atoms with Crippen molar-refractivity contribution in [2.45, 2.75) is 12.7 Å². The third-order valence-electron chi connectivity index (χ3n) is 6.67. The van der Waals surface area contributed by atoms with Crippen LogP contribution in [0.4, 0.5) is 18.9 Å². The Morgan fingerprint density at radius 1 is 0.842 bits per heavy atom. The van der Waals surface area contributed by atoms with Crippen LogP contribution in [0.2, 0.25) is 0 Å². The fraction of sp³-hybridized carbons (Fsp3) is 0.259. The van der Waals surface area contributed by atoms with Crippen LogP contribution in [-0.2, 0) is 12.7 Å². The van der Waals surface area contributed by atoms with Gasteiger partial charge in [0.2, 0.25) is 0 Å². The predicted molar refractivity (Wildman–Crippen MR) is 135 cm³/mol. The van der Waals surface area contributed by atoms with Crippen molar-refractivity contribution >= 4 is 22.7 Å². The maximum Gasteiger partial charge on any atom is 0.416 e. The zero-order valence-electron chi connectivity index (χ0n) is 20.3. The standard InChI is InChI=1S/C27H25F3N4O4/c28-27(29,30)19-9-11-20(12-10-19)32-16-13-31(14-17-32)15-18-33-22-6-2-3-7-23(22)34(26(33)37)38-25(36)21-5-1-4-8-24(21)35/h1-12,35H,13-18H2. The molecule has 0 unspecified atom stereocenters. The molecule has 0 aliphatic carbocycles. The molecule has 3 aromatic carbocycles. The molecule has 0 bridgehead atoms. The zero-order valence-corrected chi connectivity index (χ0v) is 20.3. The Balaban J connectivity index is 1.26. The molecule has 5 rings (SSSR count). The normalized spacial score (nSPS) is 14.7. The van der Waals surface area contributed by atoms with Crippen LogP contribution in [0.3, 0.4) is 0 Å². The topological polar surface area (TPSA) is 79.9 Å². The lowest BCUT2D eigenvalue weighted by Gasteiger charge is -2.36. The van der Waals surface area contributed by atoms with Gasteiger partial charge in [0.25, 0.3) is 0 Å². The highest BCUT2D eigenvalue weighted by molar-refractivity contribution is 5.93. The van der Waals surface area contributed by atoms with Crippen LogP contribution in [0.5, 0.6) is 5.75 Å². The van der Waals surface area contributed by atoms with Gasteiger partial charge in [0.1, 0.15) is 16.8 Å². The van der Waals surface area contributed by atoms with Gasteiger partial charge in [0, 0.05) is 45.0 Å². The monoisotopic (exact) mass is 526 g/mol. The summed E-state index contributed by atoms with van der Waals surface area (Å²) in [6.45, 7) is 3.54. The minimum Gasteiger partial charge on any atom is -0.507 e. The molecule has 198 valence electrons. The van der Waals surface area contributed by atoms with Crippen molar-refractivity contribution in [3.8, 4) is 5.75 Å². The molecule has 1 aliphatic heterocycles. The Bertz CT molecular complexity index is 1500. The molecule has 0 atom stereocenters. The summed E-state index contributed by atoms with van der Waals surface area (Å²) in [7, 11) is 0. The number of para-hydroxylation sites is 3. The van der Waals surface area contributed by atoms with Gasteiger partial charge >= 0.3 is 17.8 Å². The van der Waals surface area contributed by atoms with Crippen molar-refractivity contribution in [2.75, 3.05) is 37.6 Å². The molecule has 0 spiro atoms. The van der Waals surface area contributed by atoms with Gasteiger partial charge in [-0.15, -0.1) is 4.73 Å². The summed E-state index contributed by atoms with van der Waals surface area (Å²) in [5.74, 6) is -1.10. The van der Waals surface area contributed by atoms with Gasteiger partial charge in [0.15, 0.2) is 0 Å². The molecule has 1 aromatic heterocycles. The average Bonchev–Trinajstić information content (AvgIpc) is 3.18. The van der Waals surface area contributed by atoms with E-state index in [-0.39, 0.29) is 11.3 Å². The lowest BCUT2D eigenvalue weighted by molar-refractivity contribution is -0.137. The lowest BCUT2D eigenvalue weighted by Crippen LogP contribution is -2.47. The Hall–Kier alpha value is -4.25. The molecule has 0 amide bonds. The molecule has 11 heteroatoms. The number of aromatic hydroxyl groups is 1. The number of carbonyl (C=O) groups excluding carboxylic acids is 1. The minimum atomic E-state index is -4.36. The highest BCUT2D eigenvalue weighted by atomic mass is 19.4. The summed E-state index contributed by atoms with van der Waals surface area (Å²) in [4.78, 5) is 35.5. The second-order valence-corrected chi connectivity index (χ2v) is 8.99. The lowest BCUT2D eigenvalue weighted by atomic mass is 10.1. The van der Waals surface area contributed by atoms with Crippen LogP contribution < -0.4 is 15.4 Å². The third kappa shape index (κ3) is 5.10. The van der Waals surface area contributed by atoms with Gasteiger partial charge in [0.05, 0.1) is 11.1 Å². The molecular formula is C27H25F3N4O4. The first-order valence-corrected chi connectivity index (χ1v) is 12.1. The molecule has 38 heavy (non-hydrogen) atoms. The Morgan fingerprint density at radius 3 is 2.13 bits per heavy atom. The number of alkyl halides is 3. The molecule has 1 fully saturated rings. The predicted octanol–water partition coefficient (Wildman–Crippen LogP) is 3.62. The van der Waals surface area contributed by atoms with E-state index in [1.165, 1.54) is 28.8 Å². The minimum absolute atomic E-state index is 0.0536. The molecule has 4 aromatic rings. The molecule has 1 saturated heterocycles. The van der Waals surface area contributed by atoms with Crippen LogP contribution in [0.15, 0.2) is 77.6 Å². The average molecular weight is 527 g/mol. The smallest absolute Gasteiger partial charge is 0.416 e. The van der Waals surface area contributed by atoms with Gasteiger partial charge in [-0.05, 0) is 48.5 Å². The molecule has 1 N–H and O–H groups in total. The highest BCUT2D eigenvalue weighted by Crippen LogP contribution is 2.30. The number of halogens is 3. The number of anilines is 1. The van der Waals surface area contributed by atoms with E-state index in [0.717, 1.165) is 22.6 Å². The second kappa shape index (κ2) is 10.3. The van der Waals surface area contributed by atoms with E-state index in [4.69, 9.17) is 4.84 Å². The Kier molecular flexibility index (Phi) is 6.85. The van der Waals surface area contributed by atoms with Gasteiger partial charge < -0.3 is 14.8 Å². The fourth-order valence-electron chi connectivity index (χ4n) is 4.59. The number of nitrogens with zero attached hydrogens (tertiary/aromatic N) is 4. The number of aromatic nitrogens is 2.